The van der Waals surface area contributed by atoms with Crippen LogP contribution < -0.4 is 5.32 Å². The first-order chi connectivity index (χ1) is 12.1. The largest absolute Gasteiger partial charge is 0.618 e. The number of hydrogen-bond acceptors (Lipinski definition) is 3. The van der Waals surface area contributed by atoms with E-state index in [0.717, 1.165) is 10.4 Å². The van der Waals surface area contributed by atoms with Crippen molar-refractivity contribution in [3.05, 3.63) is 94.8 Å². The van der Waals surface area contributed by atoms with Crippen LogP contribution in [0.25, 0.3) is 0 Å². The minimum absolute atomic E-state index is 0.244. The van der Waals surface area contributed by atoms with E-state index in [1.165, 1.54) is 6.21 Å². The van der Waals surface area contributed by atoms with Crippen molar-refractivity contribution in [3.8, 4) is 0 Å². The standard InChI is InChI=1S/C20H17N3O2/c1-15-6-5-9-19(21-15)22-20(24)17-12-10-16(11-13-17)14-23(25)18-7-3-2-4-8-18/h2-14H,1H3,(H,21,22,24)/b23-14-. The molecule has 0 aliphatic rings. The highest BCUT2D eigenvalue weighted by Gasteiger charge is 2.07. The summed E-state index contributed by atoms with van der Waals surface area (Å²) in [4.78, 5) is 16.5. The summed E-state index contributed by atoms with van der Waals surface area (Å²) in [5.74, 6) is 0.266. The molecule has 1 aromatic heterocycles. The van der Waals surface area contributed by atoms with Gasteiger partial charge in [-0.25, -0.2) is 4.98 Å². The monoisotopic (exact) mass is 331 g/mol. The SMILES string of the molecule is Cc1cccc(NC(=O)c2ccc(/C=[N+](\[O-])c3ccccc3)cc2)n1. The van der Waals surface area contributed by atoms with Gasteiger partial charge in [0.25, 0.3) is 5.91 Å². The van der Waals surface area contributed by atoms with Gasteiger partial charge in [-0.2, -0.15) is 4.74 Å². The zero-order valence-electron chi connectivity index (χ0n) is 13.7. The molecule has 5 nitrogen and oxygen atoms in total. The number of hydrogen-bond donors (Lipinski definition) is 1. The summed E-state index contributed by atoms with van der Waals surface area (Å²) in [7, 11) is 0. The second-order valence-corrected chi connectivity index (χ2v) is 5.53. The van der Waals surface area contributed by atoms with Gasteiger partial charge in [-0.1, -0.05) is 24.3 Å². The first-order valence-corrected chi connectivity index (χ1v) is 7.83. The second-order valence-electron chi connectivity index (χ2n) is 5.53. The fourth-order valence-corrected chi connectivity index (χ4v) is 2.31. The molecule has 5 heteroatoms. The Morgan fingerprint density at radius 2 is 1.72 bits per heavy atom. The first-order valence-electron chi connectivity index (χ1n) is 7.83. The Morgan fingerprint density at radius 3 is 2.40 bits per heavy atom. The van der Waals surface area contributed by atoms with Gasteiger partial charge in [0.2, 0.25) is 5.69 Å². The number of nitrogens with zero attached hydrogens (tertiary/aromatic N) is 2. The minimum atomic E-state index is -0.244. The van der Waals surface area contributed by atoms with Crippen LogP contribution in [0.4, 0.5) is 11.5 Å². The van der Waals surface area contributed by atoms with E-state index < -0.39 is 0 Å². The summed E-state index contributed by atoms with van der Waals surface area (Å²) in [5.41, 5.74) is 2.59. The number of carbonyl (C=O) groups is 1. The number of aromatic nitrogens is 1. The smallest absolute Gasteiger partial charge is 0.256 e. The van der Waals surface area contributed by atoms with Crippen molar-refractivity contribution in [2.24, 2.45) is 0 Å². The van der Waals surface area contributed by atoms with Crippen molar-refractivity contribution in [2.75, 3.05) is 5.32 Å². The van der Waals surface area contributed by atoms with Crippen LogP contribution in [-0.2, 0) is 0 Å². The molecule has 0 saturated carbocycles. The molecule has 0 saturated heterocycles. The fourth-order valence-electron chi connectivity index (χ4n) is 2.31. The zero-order chi connectivity index (χ0) is 17.6. The third-order valence-electron chi connectivity index (χ3n) is 3.58. The molecule has 124 valence electrons. The lowest BCUT2D eigenvalue weighted by Crippen LogP contribution is -2.13. The van der Waals surface area contributed by atoms with E-state index in [2.05, 4.69) is 10.3 Å². The molecule has 3 aromatic rings. The van der Waals surface area contributed by atoms with Crippen LogP contribution in [0.1, 0.15) is 21.6 Å². The first kappa shape index (κ1) is 16.4. The summed E-state index contributed by atoms with van der Waals surface area (Å²) in [5, 5.41) is 14.8. The molecule has 0 spiro atoms. The van der Waals surface area contributed by atoms with Crippen molar-refractivity contribution >= 4 is 23.6 Å². The average molecular weight is 331 g/mol. The van der Waals surface area contributed by atoms with Gasteiger partial charge in [-0.05, 0) is 43.3 Å². The number of amides is 1. The normalized spacial score (nSPS) is 11.2. The van der Waals surface area contributed by atoms with Crippen molar-refractivity contribution in [1.82, 2.24) is 4.98 Å². The van der Waals surface area contributed by atoms with Gasteiger partial charge in [0.1, 0.15) is 5.82 Å². The predicted octanol–water partition coefficient (Wildman–Crippen LogP) is 3.90. The molecule has 0 bridgehead atoms. The maximum Gasteiger partial charge on any atom is 0.256 e. The molecule has 0 unspecified atom stereocenters. The molecule has 1 heterocycles. The quantitative estimate of drug-likeness (QED) is 0.341. The molecule has 0 radical (unpaired) electrons. The summed E-state index contributed by atoms with van der Waals surface area (Å²) >= 11 is 0. The van der Waals surface area contributed by atoms with Crippen LogP contribution >= 0.6 is 0 Å². The number of carbonyl (C=O) groups excluding carboxylic acids is 1. The molecule has 2 aromatic carbocycles. The molecule has 0 atom stereocenters. The van der Waals surface area contributed by atoms with Crippen LogP contribution in [0, 0.1) is 12.1 Å². The van der Waals surface area contributed by atoms with Gasteiger partial charge in [0.15, 0.2) is 6.21 Å². The third kappa shape index (κ3) is 4.29. The second kappa shape index (κ2) is 7.40. The van der Waals surface area contributed by atoms with Crippen LogP contribution in [0.15, 0.2) is 72.8 Å². The van der Waals surface area contributed by atoms with Crippen molar-refractivity contribution in [3.63, 3.8) is 0 Å². The van der Waals surface area contributed by atoms with Crippen LogP contribution in [0.3, 0.4) is 0 Å². The molecule has 0 fully saturated rings. The van der Waals surface area contributed by atoms with Crippen LogP contribution in [0.5, 0.6) is 0 Å². The summed E-state index contributed by atoms with van der Waals surface area (Å²) in [6, 6.07) is 21.2. The van der Waals surface area contributed by atoms with E-state index >= 15 is 0 Å². The Kier molecular flexibility index (Phi) is 4.85. The highest BCUT2D eigenvalue weighted by Crippen LogP contribution is 2.11. The van der Waals surface area contributed by atoms with E-state index in [9.17, 15) is 10.0 Å². The molecular weight excluding hydrogens is 314 g/mol. The number of nitrogens with one attached hydrogen (secondary N) is 1. The molecule has 1 amide bonds. The van der Waals surface area contributed by atoms with E-state index in [-0.39, 0.29) is 5.91 Å². The lowest BCUT2D eigenvalue weighted by Gasteiger charge is -2.06. The number of benzene rings is 2. The van der Waals surface area contributed by atoms with E-state index in [1.54, 1.807) is 54.6 Å². The highest BCUT2D eigenvalue weighted by atomic mass is 16.5. The zero-order valence-corrected chi connectivity index (χ0v) is 13.7. The number of para-hydroxylation sites is 1. The van der Waals surface area contributed by atoms with Gasteiger partial charge in [-0.15, -0.1) is 0 Å². The van der Waals surface area contributed by atoms with E-state index in [1.807, 2.05) is 25.1 Å². The lowest BCUT2D eigenvalue weighted by molar-refractivity contribution is -0.354. The molecule has 0 aliphatic heterocycles. The molecule has 25 heavy (non-hydrogen) atoms. The predicted molar refractivity (Wildman–Crippen MR) is 98.3 cm³/mol. The number of anilines is 1. The molecule has 3 rings (SSSR count). The van der Waals surface area contributed by atoms with Gasteiger partial charge in [-0.3, -0.25) is 4.79 Å². The highest BCUT2D eigenvalue weighted by molar-refractivity contribution is 6.04. The van der Waals surface area contributed by atoms with Crippen molar-refractivity contribution in [2.45, 2.75) is 6.92 Å². The molecule has 0 aliphatic carbocycles. The number of pyridine rings is 1. The van der Waals surface area contributed by atoms with Crippen LogP contribution in [-0.4, -0.2) is 21.8 Å². The maximum atomic E-state index is 12.2. The van der Waals surface area contributed by atoms with Gasteiger partial charge in [0.05, 0.1) is 0 Å². The third-order valence-corrected chi connectivity index (χ3v) is 3.58. The lowest BCUT2D eigenvalue weighted by atomic mass is 10.1. The minimum Gasteiger partial charge on any atom is -0.618 e. The topological polar surface area (TPSA) is 68.1 Å². The Balaban J connectivity index is 1.72. The summed E-state index contributed by atoms with van der Waals surface area (Å²) < 4.78 is 0.797. The Hall–Kier alpha value is -3.47. The van der Waals surface area contributed by atoms with Gasteiger partial charge < -0.3 is 10.5 Å². The molecule has 1 N–H and O–H groups in total. The van der Waals surface area contributed by atoms with Crippen LogP contribution in [0.2, 0.25) is 0 Å². The van der Waals surface area contributed by atoms with Crippen molar-refractivity contribution < 1.29 is 9.53 Å². The fraction of sp³-hybridized carbons (Fsp3) is 0.0500. The van der Waals surface area contributed by atoms with Gasteiger partial charge >= 0.3 is 0 Å². The van der Waals surface area contributed by atoms with E-state index in [0.29, 0.717) is 22.6 Å². The van der Waals surface area contributed by atoms with Crippen molar-refractivity contribution in [1.29, 1.82) is 0 Å². The summed E-state index contributed by atoms with van der Waals surface area (Å²) in [6.45, 7) is 1.86. The number of rotatable bonds is 4. The number of aryl methyl sites for hydroxylation is 1. The average Bonchev–Trinajstić information content (AvgIpc) is 2.63. The Bertz CT molecular complexity index is 904. The Labute approximate surface area is 145 Å². The summed E-state index contributed by atoms with van der Waals surface area (Å²) in [6.07, 6.45) is 1.47. The maximum absolute atomic E-state index is 12.2. The Morgan fingerprint density at radius 1 is 1.00 bits per heavy atom. The molecular formula is C20H17N3O2. The van der Waals surface area contributed by atoms with E-state index in [4.69, 9.17) is 0 Å². The van der Waals surface area contributed by atoms with Gasteiger partial charge in [0, 0.05) is 29.0 Å².